The van der Waals surface area contributed by atoms with Crippen molar-refractivity contribution in [2.24, 2.45) is 11.8 Å². The van der Waals surface area contributed by atoms with Crippen molar-refractivity contribution in [2.45, 2.75) is 51.4 Å². The predicted molar refractivity (Wildman–Crippen MR) is 74.6 cm³/mol. The number of carbonyl (C=O) groups is 2. The third-order valence-electron chi connectivity index (χ3n) is 4.58. The maximum Gasteiger partial charge on any atom is 0.224 e. The molecule has 2 amide bonds. The Morgan fingerprint density at radius 3 is 2.53 bits per heavy atom. The van der Waals surface area contributed by atoms with Crippen LogP contribution in [0.3, 0.4) is 0 Å². The van der Waals surface area contributed by atoms with E-state index in [1.807, 2.05) is 4.90 Å². The molecule has 108 valence electrons. The highest BCUT2D eigenvalue weighted by Crippen LogP contribution is 2.27. The smallest absolute Gasteiger partial charge is 0.224 e. The molecule has 0 spiro atoms. The molecule has 2 rings (SSSR count). The Labute approximate surface area is 115 Å². The van der Waals surface area contributed by atoms with Gasteiger partial charge in [0.25, 0.3) is 0 Å². The molecule has 0 aromatic carbocycles. The molecule has 0 radical (unpaired) electrons. The normalized spacial score (nSPS) is 25.1. The lowest BCUT2D eigenvalue weighted by molar-refractivity contribution is -0.136. The Kier molecular flexibility index (Phi) is 5.23. The van der Waals surface area contributed by atoms with Gasteiger partial charge in [0, 0.05) is 26.6 Å². The summed E-state index contributed by atoms with van der Waals surface area (Å²) in [5.74, 6) is 0.923. The Morgan fingerprint density at radius 1 is 1.11 bits per heavy atom. The first-order valence-corrected chi connectivity index (χ1v) is 7.70. The average molecular weight is 266 g/mol. The minimum absolute atomic E-state index is 0.00550. The number of carbonyl (C=O) groups excluding carboxylic acids is 2. The first kappa shape index (κ1) is 14.4. The van der Waals surface area contributed by atoms with Crippen molar-refractivity contribution in [2.75, 3.05) is 20.1 Å². The molecule has 4 nitrogen and oxygen atoms in total. The van der Waals surface area contributed by atoms with Crippen molar-refractivity contribution in [1.29, 1.82) is 0 Å². The van der Waals surface area contributed by atoms with Crippen LogP contribution in [0.25, 0.3) is 0 Å². The molecule has 1 heterocycles. The fourth-order valence-electron chi connectivity index (χ4n) is 3.39. The van der Waals surface area contributed by atoms with Crippen LogP contribution in [0, 0.1) is 11.8 Å². The third-order valence-corrected chi connectivity index (χ3v) is 4.58. The van der Waals surface area contributed by atoms with Crippen LogP contribution in [0.4, 0.5) is 0 Å². The van der Waals surface area contributed by atoms with Crippen LogP contribution in [-0.2, 0) is 9.59 Å². The van der Waals surface area contributed by atoms with E-state index in [0.717, 1.165) is 19.4 Å². The number of piperidine rings is 1. The fraction of sp³-hybridized carbons (Fsp3) is 0.867. The van der Waals surface area contributed by atoms with E-state index in [4.69, 9.17) is 0 Å². The van der Waals surface area contributed by atoms with Gasteiger partial charge in [-0.15, -0.1) is 0 Å². The highest BCUT2D eigenvalue weighted by molar-refractivity contribution is 5.81. The molecular weight excluding hydrogens is 240 g/mol. The Balaban J connectivity index is 1.82. The third kappa shape index (κ3) is 3.95. The van der Waals surface area contributed by atoms with Crippen LogP contribution in [0.1, 0.15) is 51.4 Å². The number of nitrogens with one attached hydrogen (secondary N) is 1. The van der Waals surface area contributed by atoms with E-state index < -0.39 is 0 Å². The minimum atomic E-state index is -0.00550. The Morgan fingerprint density at radius 2 is 1.84 bits per heavy atom. The Bertz CT molecular complexity index is 324. The van der Waals surface area contributed by atoms with Gasteiger partial charge in [0.05, 0.1) is 5.92 Å². The van der Waals surface area contributed by atoms with Crippen molar-refractivity contribution in [3.8, 4) is 0 Å². The average Bonchev–Trinajstić information content (AvgIpc) is 2.47. The summed E-state index contributed by atoms with van der Waals surface area (Å²) < 4.78 is 0. The van der Waals surface area contributed by atoms with Gasteiger partial charge >= 0.3 is 0 Å². The zero-order chi connectivity index (χ0) is 13.7. The van der Waals surface area contributed by atoms with Gasteiger partial charge in [0.2, 0.25) is 11.8 Å². The van der Waals surface area contributed by atoms with E-state index in [9.17, 15) is 9.59 Å². The topological polar surface area (TPSA) is 49.4 Å². The number of likely N-dealkylation sites (tertiary alicyclic amines) is 1. The summed E-state index contributed by atoms with van der Waals surface area (Å²) in [5.41, 5.74) is 0. The highest BCUT2D eigenvalue weighted by atomic mass is 16.2. The maximum absolute atomic E-state index is 12.3. The SMILES string of the molecule is CNC(=O)C1CCCN(C(=O)CC2CCCCC2)C1. The summed E-state index contributed by atoms with van der Waals surface area (Å²) in [4.78, 5) is 25.9. The first-order valence-electron chi connectivity index (χ1n) is 7.70. The molecule has 1 saturated carbocycles. The van der Waals surface area contributed by atoms with Gasteiger partial charge in [-0.2, -0.15) is 0 Å². The van der Waals surface area contributed by atoms with E-state index in [-0.39, 0.29) is 17.7 Å². The number of nitrogens with zero attached hydrogens (tertiary/aromatic N) is 1. The molecular formula is C15H26N2O2. The van der Waals surface area contributed by atoms with E-state index in [1.165, 1.54) is 32.1 Å². The first-order chi connectivity index (χ1) is 9.20. The molecule has 0 aromatic heterocycles. The van der Waals surface area contributed by atoms with Crippen LogP contribution in [-0.4, -0.2) is 36.9 Å². The molecule has 1 aliphatic heterocycles. The van der Waals surface area contributed by atoms with Crippen molar-refractivity contribution in [1.82, 2.24) is 10.2 Å². The molecule has 4 heteroatoms. The zero-order valence-electron chi connectivity index (χ0n) is 12.0. The van der Waals surface area contributed by atoms with Gasteiger partial charge in [0.1, 0.15) is 0 Å². The molecule has 0 bridgehead atoms. The monoisotopic (exact) mass is 266 g/mol. The summed E-state index contributed by atoms with van der Waals surface area (Å²) in [5, 5.41) is 2.70. The molecule has 1 atom stereocenters. The van der Waals surface area contributed by atoms with Crippen LogP contribution in [0.2, 0.25) is 0 Å². The van der Waals surface area contributed by atoms with Gasteiger partial charge in [-0.05, 0) is 31.6 Å². The summed E-state index contributed by atoms with van der Waals surface area (Å²) in [6, 6.07) is 0. The number of hydrogen-bond donors (Lipinski definition) is 1. The molecule has 19 heavy (non-hydrogen) atoms. The molecule has 1 N–H and O–H groups in total. The van der Waals surface area contributed by atoms with Gasteiger partial charge < -0.3 is 10.2 Å². The number of rotatable bonds is 3. The van der Waals surface area contributed by atoms with Gasteiger partial charge in [0.15, 0.2) is 0 Å². The molecule has 1 aliphatic carbocycles. The van der Waals surface area contributed by atoms with E-state index in [1.54, 1.807) is 7.05 Å². The predicted octanol–water partition coefficient (Wildman–Crippen LogP) is 1.94. The molecule has 2 fully saturated rings. The van der Waals surface area contributed by atoms with Crippen LogP contribution >= 0.6 is 0 Å². The Hall–Kier alpha value is -1.06. The van der Waals surface area contributed by atoms with Crippen LogP contribution < -0.4 is 5.32 Å². The van der Waals surface area contributed by atoms with Crippen LogP contribution in [0.15, 0.2) is 0 Å². The van der Waals surface area contributed by atoms with Crippen molar-refractivity contribution >= 4 is 11.8 Å². The summed E-state index contributed by atoms with van der Waals surface area (Å²) in [7, 11) is 1.67. The van der Waals surface area contributed by atoms with Crippen molar-refractivity contribution in [3.63, 3.8) is 0 Å². The summed E-state index contributed by atoms with van der Waals surface area (Å²) in [6.07, 6.45) is 8.85. The van der Waals surface area contributed by atoms with E-state index in [2.05, 4.69) is 5.32 Å². The maximum atomic E-state index is 12.3. The molecule has 0 aromatic rings. The number of amides is 2. The summed E-state index contributed by atoms with van der Waals surface area (Å²) >= 11 is 0. The largest absolute Gasteiger partial charge is 0.359 e. The van der Waals surface area contributed by atoms with Crippen LogP contribution in [0.5, 0.6) is 0 Å². The second-order valence-electron chi connectivity index (χ2n) is 6.00. The lowest BCUT2D eigenvalue weighted by Gasteiger charge is -2.33. The van der Waals surface area contributed by atoms with Gasteiger partial charge in [-0.25, -0.2) is 0 Å². The van der Waals surface area contributed by atoms with Crippen molar-refractivity contribution in [3.05, 3.63) is 0 Å². The molecule has 1 unspecified atom stereocenters. The lowest BCUT2D eigenvalue weighted by atomic mass is 9.86. The molecule has 1 saturated heterocycles. The fourth-order valence-corrected chi connectivity index (χ4v) is 3.39. The lowest BCUT2D eigenvalue weighted by Crippen LogP contribution is -2.45. The zero-order valence-corrected chi connectivity index (χ0v) is 12.0. The second kappa shape index (κ2) is 6.92. The number of hydrogen-bond acceptors (Lipinski definition) is 2. The van der Waals surface area contributed by atoms with E-state index in [0.29, 0.717) is 18.9 Å². The van der Waals surface area contributed by atoms with Gasteiger partial charge in [-0.3, -0.25) is 9.59 Å². The summed E-state index contributed by atoms with van der Waals surface area (Å²) in [6.45, 7) is 1.45. The van der Waals surface area contributed by atoms with E-state index >= 15 is 0 Å². The highest BCUT2D eigenvalue weighted by Gasteiger charge is 2.29. The van der Waals surface area contributed by atoms with Gasteiger partial charge in [-0.1, -0.05) is 19.3 Å². The van der Waals surface area contributed by atoms with Crippen molar-refractivity contribution < 1.29 is 9.59 Å². The quantitative estimate of drug-likeness (QED) is 0.848. The standard InChI is InChI=1S/C15H26N2O2/c1-16-15(19)13-8-5-9-17(11-13)14(18)10-12-6-3-2-4-7-12/h12-13H,2-11H2,1H3,(H,16,19). The second-order valence-corrected chi connectivity index (χ2v) is 6.00. The minimum Gasteiger partial charge on any atom is -0.359 e. The molecule has 2 aliphatic rings.